The number of nitrogens with zero attached hydrogens (tertiary/aromatic N) is 12. The van der Waals surface area contributed by atoms with E-state index in [0.717, 1.165) is 24.5 Å². The number of rotatable bonds is 31. The monoisotopic (exact) mass is 1700 g/mol. The quantitative estimate of drug-likeness (QED) is 0.0371. The lowest BCUT2D eigenvalue weighted by Gasteiger charge is -2.38. The number of nitro groups is 3. The minimum Gasteiger partial charge on any atom is -0.369 e. The van der Waals surface area contributed by atoms with Crippen LogP contribution < -0.4 is 14.7 Å². The van der Waals surface area contributed by atoms with Gasteiger partial charge in [-0.05, 0) is 39.0 Å². The predicted octanol–water partition coefficient (Wildman–Crippen LogP) is 6.62. The van der Waals surface area contributed by atoms with E-state index in [1.165, 1.54) is 28.0 Å². The SMILES string of the molecule is CC(C)N1CCN(C(=O)c2cc(N(CCBr)CCBr)c(S(=O)(=O)CC(C)N3CCN(C(=O)c4cc(N(CCBr)CCBr)c(S(=O)(=O)CCN5CCN(C(=O)c6cc(N(CCBr)CCBr)c(S(C)(=O)=O)cc6[N+](=O)[O-])CC5)cc4[N+](=O)[O-])CC3)cc2[N+](=O)[O-])CC1. The minimum absolute atomic E-state index is 0.00877. The highest BCUT2D eigenvalue weighted by atomic mass is 79.9. The maximum absolute atomic E-state index is 14.7. The molecule has 3 aromatic carbocycles. The summed E-state index contributed by atoms with van der Waals surface area (Å²) in [4.78, 5) is 92.7. The van der Waals surface area contributed by atoms with Gasteiger partial charge in [0.15, 0.2) is 29.5 Å². The number of anilines is 3. The number of amides is 3. The fraction of sp³-hybridized carbons (Fsp3) is 0.611. The van der Waals surface area contributed by atoms with Gasteiger partial charge < -0.3 is 29.4 Å². The normalized spacial score (nSPS) is 16.1. The number of piperazine rings is 3. The fourth-order valence-electron chi connectivity index (χ4n) is 11.2. The molecule has 0 saturated carbocycles. The van der Waals surface area contributed by atoms with Crippen LogP contribution in [-0.2, 0) is 29.5 Å². The lowest BCUT2D eigenvalue weighted by molar-refractivity contribution is -0.385. The maximum atomic E-state index is 14.7. The molecule has 3 amide bonds. The number of hydrogen-bond donors (Lipinski definition) is 0. The van der Waals surface area contributed by atoms with Gasteiger partial charge in [-0.2, -0.15) is 0 Å². The first-order chi connectivity index (χ1) is 42.5. The molecule has 3 heterocycles. The third kappa shape index (κ3) is 18.6. The molecule has 0 radical (unpaired) electrons. The number of nitro benzene ring substituents is 3. The standard InChI is InChI=1S/C54H74Br6N12O15S3/c1-38(2)62-21-25-68(26-22-62)53(74)42-33-48(66(15-9-59)16-10-60)51(36-45(42)72(80)81)90(86,87)37-39(3)63-23-27-69(28-24-63)54(75)41-32-47(65(13-7-57)14-8-58)50(35-44(41)71(78)79)89(84,85)30-29-61-17-19-67(20-18-61)52(73)40-31-46(64(11-5-55)12-6-56)49(88(4,82)83)34-43(40)70(76)77/h31-36,38-39H,5-30,37H2,1-4H3. The Labute approximate surface area is 575 Å². The second-order valence-electron chi connectivity index (χ2n) is 22.0. The van der Waals surface area contributed by atoms with Gasteiger partial charge in [0, 0.05) is 193 Å². The van der Waals surface area contributed by atoms with E-state index in [-0.39, 0.29) is 126 Å². The van der Waals surface area contributed by atoms with Gasteiger partial charge in [0.2, 0.25) is 0 Å². The first kappa shape index (κ1) is 75.3. The summed E-state index contributed by atoms with van der Waals surface area (Å²) in [5, 5.41) is 40.4. The molecule has 6 rings (SSSR count). The molecule has 1 atom stereocenters. The van der Waals surface area contributed by atoms with Crippen LogP contribution in [0.5, 0.6) is 0 Å². The van der Waals surface area contributed by atoms with E-state index in [9.17, 15) is 70.0 Å². The summed E-state index contributed by atoms with van der Waals surface area (Å²) < 4.78 is 84.5. The van der Waals surface area contributed by atoms with Crippen molar-refractivity contribution in [2.45, 2.75) is 47.5 Å². The van der Waals surface area contributed by atoms with E-state index < -0.39 is 96.6 Å². The van der Waals surface area contributed by atoms with Crippen molar-refractivity contribution in [2.75, 3.05) is 189 Å². The van der Waals surface area contributed by atoms with Gasteiger partial charge in [-0.3, -0.25) is 59.4 Å². The molecule has 500 valence electrons. The summed E-state index contributed by atoms with van der Waals surface area (Å²) in [5.74, 6) is -3.08. The van der Waals surface area contributed by atoms with E-state index in [1.807, 2.05) is 18.7 Å². The molecule has 3 aliphatic heterocycles. The van der Waals surface area contributed by atoms with Crippen LogP contribution in [0.1, 0.15) is 51.8 Å². The van der Waals surface area contributed by atoms with Gasteiger partial charge in [0.25, 0.3) is 34.8 Å². The van der Waals surface area contributed by atoms with Crippen molar-refractivity contribution < 1.29 is 54.4 Å². The van der Waals surface area contributed by atoms with E-state index in [4.69, 9.17) is 0 Å². The van der Waals surface area contributed by atoms with Crippen molar-refractivity contribution >= 4 is 177 Å². The third-order valence-corrected chi connectivity index (χ3v) is 23.0. The highest BCUT2D eigenvalue weighted by Crippen LogP contribution is 2.39. The van der Waals surface area contributed by atoms with Crippen molar-refractivity contribution in [2.24, 2.45) is 0 Å². The van der Waals surface area contributed by atoms with Crippen LogP contribution >= 0.6 is 95.6 Å². The summed E-state index contributed by atoms with van der Waals surface area (Å²) in [6, 6.07) is 6.11. The summed E-state index contributed by atoms with van der Waals surface area (Å²) in [7, 11) is -12.7. The number of carbonyl (C=O) groups excluding carboxylic acids is 3. The summed E-state index contributed by atoms with van der Waals surface area (Å²) in [6.45, 7) is 9.74. The summed E-state index contributed by atoms with van der Waals surface area (Å²) in [5.41, 5.74) is -2.64. The fourth-order valence-corrected chi connectivity index (χ4v) is 18.0. The second-order valence-corrected chi connectivity index (χ2v) is 32.8. The zero-order valence-electron chi connectivity index (χ0n) is 50.2. The number of carbonyl (C=O) groups is 3. The lowest BCUT2D eigenvalue weighted by Crippen LogP contribution is -2.52. The zero-order valence-corrected chi connectivity index (χ0v) is 62.2. The molecule has 3 aliphatic rings. The first-order valence-corrected chi connectivity index (χ1v) is 40.7. The first-order valence-electron chi connectivity index (χ1n) is 28.8. The molecular weight excluding hydrogens is 1630 g/mol. The summed E-state index contributed by atoms with van der Waals surface area (Å²) in [6.07, 6.45) is 0.931. The van der Waals surface area contributed by atoms with Crippen LogP contribution in [0.2, 0.25) is 0 Å². The molecule has 0 aliphatic carbocycles. The molecule has 3 saturated heterocycles. The minimum atomic E-state index is -4.38. The van der Waals surface area contributed by atoms with Crippen molar-refractivity contribution in [3.63, 3.8) is 0 Å². The topological polar surface area (TPSA) is 312 Å². The molecule has 90 heavy (non-hydrogen) atoms. The van der Waals surface area contributed by atoms with Crippen LogP contribution in [0.4, 0.5) is 34.1 Å². The molecule has 1 unspecified atom stereocenters. The average molecular weight is 1710 g/mol. The molecule has 0 aromatic heterocycles. The van der Waals surface area contributed by atoms with Crippen molar-refractivity contribution in [3.8, 4) is 0 Å². The Balaban J connectivity index is 1.20. The van der Waals surface area contributed by atoms with E-state index in [1.54, 1.807) is 31.4 Å². The Morgan fingerprint density at radius 1 is 0.467 bits per heavy atom. The number of sulfone groups is 3. The second kappa shape index (κ2) is 33.6. The van der Waals surface area contributed by atoms with E-state index >= 15 is 0 Å². The van der Waals surface area contributed by atoms with Crippen LogP contribution in [0, 0.1) is 30.3 Å². The molecule has 3 aromatic rings. The third-order valence-electron chi connectivity index (χ3n) is 16.1. The molecule has 0 bridgehead atoms. The zero-order chi connectivity index (χ0) is 66.6. The Morgan fingerprint density at radius 3 is 1.08 bits per heavy atom. The van der Waals surface area contributed by atoms with Gasteiger partial charge in [-0.25, -0.2) is 25.3 Å². The number of hydrogen-bond acceptors (Lipinski definition) is 21. The van der Waals surface area contributed by atoms with Crippen molar-refractivity contribution in [1.82, 2.24) is 29.4 Å². The van der Waals surface area contributed by atoms with E-state index in [2.05, 4.69) is 100 Å². The van der Waals surface area contributed by atoms with Crippen LogP contribution in [0.15, 0.2) is 51.1 Å². The Kier molecular flexibility index (Phi) is 28.1. The summed E-state index contributed by atoms with van der Waals surface area (Å²) >= 11 is 20.5. The van der Waals surface area contributed by atoms with Gasteiger partial charge in [-0.1, -0.05) is 95.6 Å². The number of halogens is 6. The van der Waals surface area contributed by atoms with Gasteiger partial charge in [0.1, 0.15) is 16.7 Å². The Hall–Kier alpha value is -3.72. The number of benzene rings is 3. The predicted molar refractivity (Wildman–Crippen MR) is 368 cm³/mol. The molecule has 0 spiro atoms. The molecule has 3 fully saturated rings. The molecule has 36 heteroatoms. The lowest BCUT2D eigenvalue weighted by atomic mass is 10.1. The Morgan fingerprint density at radius 2 is 0.767 bits per heavy atom. The maximum Gasteiger partial charge on any atom is 0.283 e. The van der Waals surface area contributed by atoms with Crippen LogP contribution in [0.3, 0.4) is 0 Å². The van der Waals surface area contributed by atoms with Gasteiger partial charge in [-0.15, -0.1) is 0 Å². The van der Waals surface area contributed by atoms with Gasteiger partial charge in [0.05, 0.1) is 58.0 Å². The van der Waals surface area contributed by atoms with Crippen LogP contribution in [-0.4, -0.2) is 273 Å². The average Bonchev–Trinajstić information content (AvgIpc) is 0.788. The smallest absolute Gasteiger partial charge is 0.283 e. The number of alkyl halides is 6. The Bertz CT molecular complexity index is 3450. The highest BCUT2D eigenvalue weighted by molar-refractivity contribution is 9.10. The molecular formula is C54H74Br6N12O15S3. The van der Waals surface area contributed by atoms with Crippen molar-refractivity contribution in [1.29, 1.82) is 0 Å². The van der Waals surface area contributed by atoms with E-state index in [0.29, 0.717) is 84.3 Å². The largest absolute Gasteiger partial charge is 0.369 e. The van der Waals surface area contributed by atoms with Crippen LogP contribution in [0.25, 0.3) is 0 Å². The van der Waals surface area contributed by atoms with Gasteiger partial charge >= 0.3 is 0 Å². The molecule has 0 N–H and O–H groups in total. The van der Waals surface area contributed by atoms with Crippen molar-refractivity contribution in [3.05, 3.63) is 83.4 Å². The highest BCUT2D eigenvalue weighted by Gasteiger charge is 2.39. The molecule has 27 nitrogen and oxygen atoms in total.